The smallest absolute Gasteiger partial charge is 0.293 e. The van der Waals surface area contributed by atoms with E-state index in [2.05, 4.69) is 9.47 Å². The summed E-state index contributed by atoms with van der Waals surface area (Å²) >= 11 is 0. The summed E-state index contributed by atoms with van der Waals surface area (Å²) in [4.78, 5) is 19.9. The van der Waals surface area contributed by atoms with E-state index in [1.165, 1.54) is 0 Å². The maximum atomic E-state index is 9.94. The Labute approximate surface area is 81.4 Å². The molecule has 4 nitrogen and oxygen atoms in total. The monoisotopic (exact) mass is 194 g/mol. The minimum absolute atomic E-state index is 0.235. The Morgan fingerprint density at radius 3 is 1.93 bits per heavy atom. The molecule has 0 heterocycles. The molecule has 74 valence electrons. The van der Waals surface area contributed by atoms with E-state index in [1.54, 1.807) is 0 Å². The van der Waals surface area contributed by atoms with Crippen molar-refractivity contribution in [2.45, 2.75) is 13.2 Å². The number of carbonyl (C=O) groups excluding carboxylic acids is 2. The Kier molecular flexibility index (Phi) is 4.20. The molecule has 0 saturated carbocycles. The van der Waals surface area contributed by atoms with Gasteiger partial charge in [0, 0.05) is 0 Å². The molecule has 0 saturated heterocycles. The van der Waals surface area contributed by atoms with E-state index < -0.39 is 0 Å². The lowest BCUT2D eigenvalue weighted by atomic mass is 10.1. The average molecular weight is 194 g/mol. The molecule has 0 aliphatic rings. The van der Waals surface area contributed by atoms with Crippen LogP contribution in [0.1, 0.15) is 11.1 Å². The molecule has 1 rings (SSSR count). The van der Waals surface area contributed by atoms with E-state index in [0.29, 0.717) is 12.9 Å². The van der Waals surface area contributed by atoms with Crippen LogP contribution in [-0.4, -0.2) is 12.9 Å². The largest absolute Gasteiger partial charge is 0.463 e. The van der Waals surface area contributed by atoms with Gasteiger partial charge in [0.1, 0.15) is 13.2 Å². The van der Waals surface area contributed by atoms with Gasteiger partial charge in [0.25, 0.3) is 12.9 Å². The van der Waals surface area contributed by atoms with Crippen molar-refractivity contribution in [3.8, 4) is 0 Å². The molecular weight excluding hydrogens is 184 g/mol. The van der Waals surface area contributed by atoms with E-state index >= 15 is 0 Å². The minimum atomic E-state index is 0.235. The van der Waals surface area contributed by atoms with Crippen LogP contribution in [0.25, 0.3) is 0 Å². The van der Waals surface area contributed by atoms with Crippen molar-refractivity contribution in [2.24, 2.45) is 0 Å². The van der Waals surface area contributed by atoms with Gasteiger partial charge in [-0.1, -0.05) is 18.2 Å². The normalized spacial score (nSPS) is 9.14. The average Bonchev–Trinajstić information content (AvgIpc) is 2.24. The summed E-state index contributed by atoms with van der Waals surface area (Å²) < 4.78 is 9.18. The van der Waals surface area contributed by atoms with Crippen LogP contribution in [0.5, 0.6) is 0 Å². The number of carbonyl (C=O) groups is 2. The fourth-order valence-corrected chi connectivity index (χ4v) is 1.07. The van der Waals surface area contributed by atoms with Crippen LogP contribution in [0.15, 0.2) is 24.3 Å². The highest BCUT2D eigenvalue weighted by molar-refractivity contribution is 5.38. The first-order chi connectivity index (χ1) is 6.86. The quantitative estimate of drug-likeness (QED) is 0.635. The van der Waals surface area contributed by atoms with Gasteiger partial charge in [-0.3, -0.25) is 9.59 Å². The topological polar surface area (TPSA) is 52.6 Å². The van der Waals surface area contributed by atoms with Crippen molar-refractivity contribution >= 4 is 12.9 Å². The zero-order valence-corrected chi connectivity index (χ0v) is 7.51. The summed E-state index contributed by atoms with van der Waals surface area (Å²) in [5.74, 6) is 0. The maximum Gasteiger partial charge on any atom is 0.293 e. The Hall–Kier alpha value is -1.84. The zero-order valence-electron chi connectivity index (χ0n) is 7.51. The molecule has 1 aromatic rings. The fourth-order valence-electron chi connectivity index (χ4n) is 1.07. The van der Waals surface area contributed by atoms with Gasteiger partial charge in [0.2, 0.25) is 0 Å². The molecule has 0 N–H and O–H groups in total. The highest BCUT2D eigenvalue weighted by atomic mass is 16.5. The van der Waals surface area contributed by atoms with Crippen LogP contribution in [0, 0.1) is 0 Å². The summed E-state index contributed by atoms with van der Waals surface area (Å²) in [6.45, 7) is 1.26. The van der Waals surface area contributed by atoms with Crippen LogP contribution in [-0.2, 0) is 32.3 Å². The Morgan fingerprint density at radius 2 is 1.50 bits per heavy atom. The number of rotatable bonds is 6. The van der Waals surface area contributed by atoms with Gasteiger partial charge in [-0.05, 0) is 17.2 Å². The lowest BCUT2D eigenvalue weighted by Gasteiger charge is -2.03. The second kappa shape index (κ2) is 5.75. The summed E-state index contributed by atoms with van der Waals surface area (Å²) in [6.07, 6.45) is 0. The van der Waals surface area contributed by atoms with E-state index in [-0.39, 0.29) is 13.2 Å². The SMILES string of the molecule is O=COCc1cccc(COC=O)c1. The second-order valence-corrected chi connectivity index (χ2v) is 2.63. The van der Waals surface area contributed by atoms with Crippen LogP contribution in [0.4, 0.5) is 0 Å². The number of benzene rings is 1. The molecule has 0 radical (unpaired) electrons. The predicted octanol–water partition coefficient (Wildman–Crippen LogP) is 1.03. The van der Waals surface area contributed by atoms with E-state index in [4.69, 9.17) is 0 Å². The number of hydrogen-bond acceptors (Lipinski definition) is 4. The van der Waals surface area contributed by atoms with E-state index in [1.807, 2.05) is 24.3 Å². The number of ether oxygens (including phenoxy) is 2. The van der Waals surface area contributed by atoms with Crippen molar-refractivity contribution < 1.29 is 19.1 Å². The Morgan fingerprint density at radius 1 is 1.00 bits per heavy atom. The fraction of sp³-hybridized carbons (Fsp3) is 0.200. The van der Waals surface area contributed by atoms with Gasteiger partial charge in [-0.2, -0.15) is 0 Å². The first-order valence-electron chi connectivity index (χ1n) is 4.05. The first kappa shape index (κ1) is 10.2. The molecule has 0 aromatic heterocycles. The zero-order chi connectivity index (χ0) is 10.2. The molecule has 0 unspecified atom stereocenters. The molecule has 0 fully saturated rings. The molecule has 1 aromatic carbocycles. The lowest BCUT2D eigenvalue weighted by Crippen LogP contribution is -1.94. The molecule has 0 aliphatic heterocycles. The molecule has 0 spiro atoms. The van der Waals surface area contributed by atoms with Gasteiger partial charge in [-0.15, -0.1) is 0 Å². The molecule has 0 atom stereocenters. The first-order valence-corrected chi connectivity index (χ1v) is 4.05. The van der Waals surface area contributed by atoms with Crippen molar-refractivity contribution in [3.63, 3.8) is 0 Å². The van der Waals surface area contributed by atoms with Gasteiger partial charge in [0.15, 0.2) is 0 Å². The van der Waals surface area contributed by atoms with Crippen molar-refractivity contribution in [2.75, 3.05) is 0 Å². The van der Waals surface area contributed by atoms with Gasteiger partial charge in [-0.25, -0.2) is 0 Å². The minimum Gasteiger partial charge on any atom is -0.463 e. The highest BCUT2D eigenvalue weighted by Crippen LogP contribution is 2.07. The second-order valence-electron chi connectivity index (χ2n) is 2.63. The molecule has 0 aliphatic carbocycles. The molecule has 0 amide bonds. The summed E-state index contributed by atoms with van der Waals surface area (Å²) in [5.41, 5.74) is 1.73. The van der Waals surface area contributed by atoms with Crippen molar-refractivity contribution in [1.82, 2.24) is 0 Å². The maximum absolute atomic E-state index is 9.94. The van der Waals surface area contributed by atoms with Crippen LogP contribution in [0.3, 0.4) is 0 Å². The molecule has 14 heavy (non-hydrogen) atoms. The van der Waals surface area contributed by atoms with Gasteiger partial charge < -0.3 is 9.47 Å². The van der Waals surface area contributed by atoms with Crippen LogP contribution >= 0.6 is 0 Å². The predicted molar refractivity (Wildman–Crippen MR) is 48.1 cm³/mol. The third-order valence-electron chi connectivity index (χ3n) is 1.63. The standard InChI is InChI=1S/C10H10O4/c11-7-13-5-9-2-1-3-10(4-9)6-14-8-12/h1-4,7-8H,5-6H2. The lowest BCUT2D eigenvalue weighted by molar-refractivity contribution is -0.130. The third kappa shape index (κ3) is 3.26. The van der Waals surface area contributed by atoms with E-state index in [0.717, 1.165) is 11.1 Å². The van der Waals surface area contributed by atoms with Gasteiger partial charge in [0.05, 0.1) is 0 Å². The third-order valence-corrected chi connectivity index (χ3v) is 1.63. The highest BCUT2D eigenvalue weighted by Gasteiger charge is 1.96. The molecule has 0 bridgehead atoms. The number of hydrogen-bond donors (Lipinski definition) is 0. The van der Waals surface area contributed by atoms with E-state index in [9.17, 15) is 9.59 Å². The Balaban J connectivity index is 2.58. The van der Waals surface area contributed by atoms with Gasteiger partial charge >= 0.3 is 0 Å². The molecular formula is C10H10O4. The summed E-state index contributed by atoms with van der Waals surface area (Å²) in [7, 11) is 0. The van der Waals surface area contributed by atoms with Crippen LogP contribution < -0.4 is 0 Å². The van der Waals surface area contributed by atoms with Crippen molar-refractivity contribution in [3.05, 3.63) is 35.4 Å². The molecule has 4 heteroatoms. The summed E-state index contributed by atoms with van der Waals surface area (Å²) in [5, 5.41) is 0. The van der Waals surface area contributed by atoms with Crippen molar-refractivity contribution in [1.29, 1.82) is 0 Å². The van der Waals surface area contributed by atoms with Crippen LogP contribution in [0.2, 0.25) is 0 Å². The summed E-state index contributed by atoms with van der Waals surface area (Å²) in [6, 6.07) is 7.28. The Bertz CT molecular complexity index is 281.